The molecule has 1 aromatic carbocycles. The van der Waals surface area contributed by atoms with Crippen molar-refractivity contribution in [1.82, 2.24) is 4.90 Å². The number of anilines is 1. The van der Waals surface area contributed by atoms with Crippen LogP contribution in [-0.2, 0) is 16.0 Å². The Balaban J connectivity index is 0.00000533. The topological polar surface area (TPSA) is 150 Å². The van der Waals surface area contributed by atoms with Gasteiger partial charge in [0.15, 0.2) is 5.78 Å². The Bertz CT molecular complexity index is 986. The van der Waals surface area contributed by atoms with Crippen molar-refractivity contribution in [3.63, 3.8) is 0 Å². The van der Waals surface area contributed by atoms with E-state index < -0.39 is 5.92 Å². The van der Waals surface area contributed by atoms with E-state index in [0.29, 0.717) is 30.9 Å². The molecule has 1 aliphatic carbocycles. The molecule has 0 bridgehead atoms. The molecule has 0 aromatic heterocycles. The highest BCUT2D eigenvalue weighted by atomic mass is 16.3. The van der Waals surface area contributed by atoms with E-state index in [1.54, 1.807) is 0 Å². The number of phenols is 1. The van der Waals surface area contributed by atoms with Gasteiger partial charge in [0.05, 0.1) is 24.3 Å². The molecule has 1 fully saturated rings. The second-order valence-electron chi connectivity index (χ2n) is 11.4. The predicted octanol–water partition coefficient (Wildman–Crippen LogP) is 3.05. The Morgan fingerprint density at radius 2 is 1.87 bits per heavy atom. The first kappa shape index (κ1) is 32.9. The number of likely N-dealkylation sites (tertiary alicyclic amines) is 1. The molecule has 0 saturated carbocycles. The molecule has 3 unspecified atom stereocenters. The fourth-order valence-corrected chi connectivity index (χ4v) is 6.35. The van der Waals surface area contributed by atoms with Gasteiger partial charge >= 0.3 is 0 Å². The average molecular weight is 553 g/mol. The van der Waals surface area contributed by atoms with Crippen LogP contribution in [0, 0.1) is 17.8 Å². The van der Waals surface area contributed by atoms with Crippen molar-refractivity contribution in [3.05, 3.63) is 23.3 Å². The lowest BCUT2D eigenvalue weighted by Gasteiger charge is -2.40. The highest BCUT2D eigenvalue weighted by Gasteiger charge is 2.35. The number of carbonyl (C=O) groups excluding carboxylic acids is 3. The zero-order chi connectivity index (χ0) is 27.8. The third kappa shape index (κ3) is 8.33. The van der Waals surface area contributed by atoms with E-state index in [1.165, 1.54) is 6.92 Å². The van der Waals surface area contributed by atoms with E-state index in [1.807, 2.05) is 12.1 Å². The summed E-state index contributed by atoms with van der Waals surface area (Å²) in [6.07, 6.45) is 5.50. The molecule has 3 rings (SSSR count). The van der Waals surface area contributed by atoms with Gasteiger partial charge in [-0.2, -0.15) is 0 Å². The van der Waals surface area contributed by atoms with Gasteiger partial charge in [-0.15, -0.1) is 0 Å². The summed E-state index contributed by atoms with van der Waals surface area (Å²) >= 11 is 0. The summed E-state index contributed by atoms with van der Waals surface area (Å²) in [4.78, 5) is 42.1. The minimum Gasteiger partial charge on any atom is -0.505 e. The molecule has 1 heterocycles. The highest BCUT2D eigenvalue weighted by Crippen LogP contribution is 2.42. The molecule has 2 aliphatic rings. The average Bonchev–Trinajstić information content (AvgIpc) is 2.86. The van der Waals surface area contributed by atoms with Crippen LogP contribution in [0.25, 0.3) is 0 Å². The fraction of sp³-hybridized carbons (Fsp3) is 0.700. The van der Waals surface area contributed by atoms with Crippen molar-refractivity contribution in [2.24, 2.45) is 17.8 Å². The molecule has 1 aromatic rings. The van der Waals surface area contributed by atoms with Crippen LogP contribution in [0.15, 0.2) is 12.1 Å². The second-order valence-corrected chi connectivity index (χ2v) is 11.4. The Labute approximate surface area is 235 Å². The van der Waals surface area contributed by atoms with Gasteiger partial charge in [-0.3, -0.25) is 14.4 Å². The normalized spacial score (nSPS) is 19.6. The third-order valence-electron chi connectivity index (χ3n) is 8.43. The van der Waals surface area contributed by atoms with Crippen LogP contribution in [0.2, 0.25) is 0 Å². The number of piperidine rings is 1. The van der Waals surface area contributed by atoms with Crippen molar-refractivity contribution in [2.75, 3.05) is 44.8 Å². The van der Waals surface area contributed by atoms with Crippen LogP contribution < -0.4 is 4.90 Å². The van der Waals surface area contributed by atoms with E-state index in [9.17, 15) is 29.7 Å². The van der Waals surface area contributed by atoms with Gasteiger partial charge in [0.25, 0.3) is 0 Å². The number of hydrogen-bond acceptors (Lipinski definition) is 8. The maximum Gasteiger partial charge on any atom is 0.167 e. The molecule has 0 amide bonds. The molecule has 9 nitrogen and oxygen atoms in total. The van der Waals surface area contributed by atoms with Gasteiger partial charge < -0.3 is 30.6 Å². The van der Waals surface area contributed by atoms with Gasteiger partial charge in [0.2, 0.25) is 0 Å². The van der Waals surface area contributed by atoms with Gasteiger partial charge in [0, 0.05) is 34.4 Å². The smallest absolute Gasteiger partial charge is 0.167 e. The lowest BCUT2D eigenvalue weighted by Crippen LogP contribution is -2.44. The van der Waals surface area contributed by atoms with E-state index in [0.717, 1.165) is 56.6 Å². The standard InChI is InChI=1S/C30H46N2O6.H2O.2H2/c1-4-5-11-32(24-8-12-31(3)13-9-24)26-7-6-23-17-21(18-28(37)29(23)30(26)38)16-22(10-14-33)25(19-34)27(36)15-20(2)35;;;/h6-7,21-22,24-25,33-34,38H,4-5,8-19H2,1-3H3;1H2;2*1H. The molecule has 5 N–H and O–H groups in total. The number of fused-ring (bicyclic) bond motifs is 1. The summed E-state index contributed by atoms with van der Waals surface area (Å²) in [7, 11) is 2.13. The summed E-state index contributed by atoms with van der Waals surface area (Å²) in [6, 6.07) is 4.25. The summed E-state index contributed by atoms with van der Waals surface area (Å²) in [5.41, 5.74) is 1.97. The van der Waals surface area contributed by atoms with E-state index >= 15 is 0 Å². The van der Waals surface area contributed by atoms with E-state index in [4.69, 9.17) is 0 Å². The largest absolute Gasteiger partial charge is 0.505 e. The number of nitrogens with zero attached hydrogens (tertiary/aromatic N) is 2. The molecule has 39 heavy (non-hydrogen) atoms. The molecule has 0 radical (unpaired) electrons. The number of aliphatic hydroxyl groups excluding tert-OH is 2. The maximum atomic E-state index is 13.4. The number of Topliss-reactive ketones (excluding diaryl/α,β-unsaturated/α-hetero) is 3. The lowest BCUT2D eigenvalue weighted by atomic mass is 9.73. The zero-order valence-electron chi connectivity index (χ0n) is 23.8. The molecule has 0 spiro atoms. The molecule has 224 valence electrons. The number of unbranched alkanes of at least 4 members (excludes halogenated alkanes) is 1. The number of benzene rings is 1. The van der Waals surface area contributed by atoms with Gasteiger partial charge in [0.1, 0.15) is 17.3 Å². The molecule has 9 heteroatoms. The first-order valence-electron chi connectivity index (χ1n) is 14.3. The first-order chi connectivity index (χ1) is 18.2. The molecule has 1 saturated heterocycles. The predicted molar refractivity (Wildman–Crippen MR) is 156 cm³/mol. The lowest BCUT2D eigenvalue weighted by molar-refractivity contribution is -0.131. The molecule has 1 aliphatic heterocycles. The zero-order valence-corrected chi connectivity index (χ0v) is 23.8. The Kier molecular flexibility index (Phi) is 13.0. The number of ketones is 3. The number of aromatic hydroxyl groups is 1. The van der Waals surface area contributed by atoms with Crippen LogP contribution in [-0.4, -0.2) is 89.0 Å². The van der Waals surface area contributed by atoms with Crippen molar-refractivity contribution in [2.45, 2.75) is 77.7 Å². The van der Waals surface area contributed by atoms with Crippen LogP contribution in [0.3, 0.4) is 0 Å². The first-order valence-corrected chi connectivity index (χ1v) is 14.3. The number of aliphatic hydroxyl groups is 2. The maximum absolute atomic E-state index is 13.4. The Morgan fingerprint density at radius 1 is 1.18 bits per heavy atom. The van der Waals surface area contributed by atoms with Crippen LogP contribution in [0.5, 0.6) is 5.75 Å². The Hall–Kier alpha value is -2.33. The van der Waals surface area contributed by atoms with Gasteiger partial charge in [-0.05, 0) is 89.1 Å². The van der Waals surface area contributed by atoms with Crippen LogP contribution in [0.4, 0.5) is 5.69 Å². The number of carbonyl (C=O) groups is 3. The quantitative estimate of drug-likeness (QED) is 0.298. The number of phenolic OH excluding ortho intramolecular Hbond substituents is 1. The van der Waals surface area contributed by atoms with E-state index in [-0.39, 0.29) is 69.3 Å². The van der Waals surface area contributed by atoms with Gasteiger partial charge in [-0.25, -0.2) is 0 Å². The van der Waals surface area contributed by atoms with Gasteiger partial charge in [-0.1, -0.05) is 19.4 Å². The summed E-state index contributed by atoms with van der Waals surface area (Å²) in [6.45, 7) is 5.84. The highest BCUT2D eigenvalue weighted by molar-refractivity contribution is 6.03. The number of rotatable bonds is 14. The van der Waals surface area contributed by atoms with Crippen molar-refractivity contribution in [3.8, 4) is 5.75 Å². The molecular weight excluding hydrogens is 500 g/mol. The SMILES string of the molecule is CCCCN(c1ccc2c(c1O)C(=O)CC(CC(CCO)C(CO)C(=O)CC(C)=O)C2)C1CCN(C)CC1.O.[HH].[HH]. The van der Waals surface area contributed by atoms with Crippen molar-refractivity contribution >= 4 is 23.0 Å². The molecule has 3 atom stereocenters. The minimum atomic E-state index is -0.736. The monoisotopic (exact) mass is 552 g/mol. The van der Waals surface area contributed by atoms with Crippen LogP contribution in [0.1, 0.15) is 84.0 Å². The second kappa shape index (κ2) is 15.5. The van der Waals surface area contributed by atoms with Crippen molar-refractivity contribution < 1.29 is 38.0 Å². The summed E-state index contributed by atoms with van der Waals surface area (Å²) < 4.78 is 0. The third-order valence-corrected chi connectivity index (χ3v) is 8.43. The summed E-state index contributed by atoms with van der Waals surface area (Å²) in [5, 5.41) is 30.9. The summed E-state index contributed by atoms with van der Waals surface area (Å²) in [5.74, 6) is -1.72. The molecular formula is C30H52N2O7. The Morgan fingerprint density at radius 3 is 2.46 bits per heavy atom. The number of hydrogen-bond donors (Lipinski definition) is 3. The fourth-order valence-electron chi connectivity index (χ4n) is 6.35. The van der Waals surface area contributed by atoms with Crippen LogP contribution >= 0.6 is 0 Å². The van der Waals surface area contributed by atoms with Crippen molar-refractivity contribution in [1.29, 1.82) is 0 Å². The van der Waals surface area contributed by atoms with E-state index in [2.05, 4.69) is 23.8 Å². The minimum absolute atomic E-state index is 0.